The first kappa shape index (κ1) is 9.05. The van der Waals surface area contributed by atoms with E-state index in [2.05, 4.69) is 48.2 Å². The van der Waals surface area contributed by atoms with Crippen LogP contribution in [-0.4, -0.2) is 0 Å². The van der Waals surface area contributed by atoms with Crippen molar-refractivity contribution in [1.82, 2.24) is 0 Å². The fraction of sp³-hybridized carbons (Fsp3) is 0.214. The van der Waals surface area contributed by atoms with E-state index >= 15 is 0 Å². The molecule has 0 aromatic heterocycles. The molecule has 1 aromatic rings. The molecule has 1 aliphatic carbocycles. The minimum atomic E-state index is 1.17. The topological polar surface area (TPSA) is 0 Å². The normalized spacial score (nSPS) is 13.3. The Morgan fingerprint density at radius 2 is 1.86 bits per heavy atom. The molecule has 0 bridgehead atoms. The lowest BCUT2D eigenvalue weighted by Gasteiger charge is -2.00. The molecule has 0 amide bonds. The molecule has 0 saturated heterocycles. The van der Waals surface area contributed by atoms with Crippen LogP contribution in [0.15, 0.2) is 59.9 Å². The molecule has 0 fully saturated rings. The lowest BCUT2D eigenvalue weighted by atomic mass is 10.0. The summed E-state index contributed by atoms with van der Waals surface area (Å²) in [5.41, 5.74) is 5.92. The highest BCUT2D eigenvalue weighted by molar-refractivity contribution is 5.29. The summed E-state index contributed by atoms with van der Waals surface area (Å²) in [6.07, 6.45) is 9.76. The largest absolute Gasteiger partial charge is 0.121 e. The van der Waals surface area contributed by atoms with Crippen LogP contribution in [0.4, 0.5) is 0 Å². The lowest BCUT2D eigenvalue weighted by Crippen LogP contribution is -1.85. The minimum Gasteiger partial charge on any atom is -0.121 e. The van der Waals surface area contributed by atoms with Crippen molar-refractivity contribution in [1.29, 1.82) is 0 Å². The lowest BCUT2D eigenvalue weighted by molar-refractivity contribution is 0.825. The van der Waals surface area contributed by atoms with Gasteiger partial charge in [-0.1, -0.05) is 36.4 Å². The number of hydrogen-bond donors (Lipinski definition) is 0. The van der Waals surface area contributed by atoms with Crippen molar-refractivity contribution in [2.45, 2.75) is 19.3 Å². The van der Waals surface area contributed by atoms with Gasteiger partial charge in [0, 0.05) is 0 Å². The van der Waals surface area contributed by atoms with Gasteiger partial charge >= 0.3 is 0 Å². The second-order valence-electron chi connectivity index (χ2n) is 3.56. The summed E-state index contributed by atoms with van der Waals surface area (Å²) in [6, 6.07) is 10.7. The van der Waals surface area contributed by atoms with Crippen molar-refractivity contribution in [2.24, 2.45) is 0 Å². The number of allylic oxidation sites excluding steroid dienone is 3. The Bertz CT molecular complexity index is 376. The Hall–Kier alpha value is -1.52. The summed E-state index contributed by atoms with van der Waals surface area (Å²) < 4.78 is 0. The Morgan fingerprint density at radius 3 is 2.57 bits per heavy atom. The Labute approximate surface area is 85.3 Å². The average molecular weight is 182 g/mol. The molecule has 0 saturated carbocycles. The molecule has 0 radical (unpaired) electrons. The molecular weight excluding hydrogens is 168 g/mol. The molecule has 0 heterocycles. The minimum absolute atomic E-state index is 1.17. The van der Waals surface area contributed by atoms with Gasteiger partial charge in [0.1, 0.15) is 0 Å². The first-order chi connectivity index (χ1) is 6.95. The maximum atomic E-state index is 3.08. The van der Waals surface area contributed by atoms with Crippen molar-refractivity contribution in [3.8, 4) is 0 Å². The van der Waals surface area contributed by atoms with Gasteiger partial charge in [0.25, 0.3) is 0 Å². The van der Waals surface area contributed by atoms with Crippen LogP contribution in [0.1, 0.15) is 18.4 Å². The van der Waals surface area contributed by atoms with E-state index in [1.807, 2.05) is 6.08 Å². The van der Waals surface area contributed by atoms with Gasteiger partial charge in [-0.3, -0.25) is 0 Å². The van der Waals surface area contributed by atoms with E-state index in [1.54, 1.807) is 0 Å². The summed E-state index contributed by atoms with van der Waals surface area (Å²) in [4.78, 5) is 0. The molecule has 70 valence electrons. The zero-order valence-corrected chi connectivity index (χ0v) is 8.24. The number of hydrogen-bond acceptors (Lipinski definition) is 0. The Kier molecular flexibility index (Phi) is 3.00. The van der Waals surface area contributed by atoms with Crippen LogP contribution in [0, 0.1) is 0 Å². The molecule has 2 rings (SSSR count). The molecule has 0 atom stereocenters. The SMILES string of the molecule is C1=CC=C(CCCc2ccccc2)C=1. The van der Waals surface area contributed by atoms with Gasteiger partial charge in [0.05, 0.1) is 0 Å². The molecule has 0 aliphatic heterocycles. The smallest absolute Gasteiger partial charge is 0.0167 e. The monoisotopic (exact) mass is 182 g/mol. The molecule has 0 spiro atoms. The van der Waals surface area contributed by atoms with Crippen LogP contribution in [0.2, 0.25) is 0 Å². The van der Waals surface area contributed by atoms with Gasteiger partial charge in [-0.2, -0.15) is 0 Å². The van der Waals surface area contributed by atoms with E-state index < -0.39 is 0 Å². The van der Waals surface area contributed by atoms with Crippen LogP contribution in [0.3, 0.4) is 0 Å². The van der Waals surface area contributed by atoms with Gasteiger partial charge in [0.15, 0.2) is 0 Å². The summed E-state index contributed by atoms with van der Waals surface area (Å²) in [5.74, 6) is 0. The predicted octanol–water partition coefficient (Wildman–Crippen LogP) is 3.66. The first-order valence-corrected chi connectivity index (χ1v) is 5.11. The second kappa shape index (κ2) is 4.64. The predicted molar refractivity (Wildman–Crippen MR) is 60.1 cm³/mol. The van der Waals surface area contributed by atoms with E-state index in [1.165, 1.54) is 30.4 Å². The molecular formula is C14H14. The van der Waals surface area contributed by atoms with Gasteiger partial charge in [-0.15, -0.1) is 5.73 Å². The highest BCUT2D eigenvalue weighted by Gasteiger charge is 1.96. The fourth-order valence-electron chi connectivity index (χ4n) is 1.66. The molecule has 0 heteroatoms. The third kappa shape index (κ3) is 2.48. The quantitative estimate of drug-likeness (QED) is 0.623. The third-order valence-electron chi connectivity index (χ3n) is 2.44. The van der Waals surface area contributed by atoms with Crippen LogP contribution in [0.5, 0.6) is 0 Å². The van der Waals surface area contributed by atoms with Crippen molar-refractivity contribution in [3.63, 3.8) is 0 Å². The van der Waals surface area contributed by atoms with Crippen molar-refractivity contribution in [2.75, 3.05) is 0 Å². The molecule has 0 unspecified atom stereocenters. The summed E-state index contributed by atoms with van der Waals surface area (Å²) in [5, 5.41) is 0. The molecule has 0 nitrogen and oxygen atoms in total. The standard InChI is InChI=1S/C14H14/c1-2-7-13(8-3-1)11-6-12-14-9-4-5-10-14/h1-4,7-10H,6,11-12H2. The van der Waals surface area contributed by atoms with E-state index in [0.717, 1.165) is 0 Å². The van der Waals surface area contributed by atoms with Crippen molar-refractivity contribution < 1.29 is 0 Å². The van der Waals surface area contributed by atoms with Crippen LogP contribution in [-0.2, 0) is 6.42 Å². The Balaban J connectivity index is 1.76. The van der Waals surface area contributed by atoms with Gasteiger partial charge in [-0.25, -0.2) is 0 Å². The maximum absolute atomic E-state index is 3.08. The van der Waals surface area contributed by atoms with Crippen molar-refractivity contribution >= 4 is 0 Å². The molecule has 1 aromatic carbocycles. The van der Waals surface area contributed by atoms with E-state index in [4.69, 9.17) is 0 Å². The maximum Gasteiger partial charge on any atom is -0.0167 e. The number of aryl methyl sites for hydroxylation is 1. The van der Waals surface area contributed by atoms with Gasteiger partial charge in [-0.05, 0) is 42.6 Å². The zero-order valence-electron chi connectivity index (χ0n) is 8.24. The van der Waals surface area contributed by atoms with E-state index in [-0.39, 0.29) is 0 Å². The highest BCUT2D eigenvalue weighted by atomic mass is 14.0. The summed E-state index contributed by atoms with van der Waals surface area (Å²) in [6.45, 7) is 0. The third-order valence-corrected chi connectivity index (χ3v) is 2.44. The average Bonchev–Trinajstić information content (AvgIpc) is 2.72. The molecule has 14 heavy (non-hydrogen) atoms. The second-order valence-corrected chi connectivity index (χ2v) is 3.56. The van der Waals surface area contributed by atoms with Gasteiger partial charge < -0.3 is 0 Å². The molecule has 0 N–H and O–H groups in total. The number of benzene rings is 1. The zero-order chi connectivity index (χ0) is 9.64. The summed E-state index contributed by atoms with van der Waals surface area (Å²) >= 11 is 0. The van der Waals surface area contributed by atoms with E-state index in [9.17, 15) is 0 Å². The summed E-state index contributed by atoms with van der Waals surface area (Å²) in [7, 11) is 0. The van der Waals surface area contributed by atoms with Crippen molar-refractivity contribution in [3.05, 3.63) is 65.4 Å². The number of rotatable bonds is 4. The van der Waals surface area contributed by atoms with Gasteiger partial charge in [0.2, 0.25) is 0 Å². The van der Waals surface area contributed by atoms with Crippen LogP contribution >= 0.6 is 0 Å². The Morgan fingerprint density at radius 1 is 1.00 bits per heavy atom. The highest BCUT2D eigenvalue weighted by Crippen LogP contribution is 2.13. The van der Waals surface area contributed by atoms with Crippen LogP contribution in [0.25, 0.3) is 0 Å². The fourth-order valence-corrected chi connectivity index (χ4v) is 1.66. The van der Waals surface area contributed by atoms with Crippen LogP contribution < -0.4 is 0 Å². The first-order valence-electron chi connectivity index (χ1n) is 5.11. The molecule has 1 aliphatic rings. The van der Waals surface area contributed by atoms with E-state index in [0.29, 0.717) is 0 Å².